The Kier molecular flexibility index (Phi) is 5.06. The average molecular weight is 289 g/mol. The standard InChI is InChI=1S/C13H20FNO3S/c1-13(2,3)12(8-9-16)15-19(17,18)11-6-4-10(14)5-7-11/h4-7,12,15-16H,8-9H2,1-3H3. The monoisotopic (exact) mass is 289 g/mol. The van der Waals surface area contributed by atoms with E-state index in [0.717, 1.165) is 12.1 Å². The van der Waals surface area contributed by atoms with Gasteiger partial charge in [0.25, 0.3) is 0 Å². The molecule has 4 nitrogen and oxygen atoms in total. The minimum absolute atomic E-state index is 0.0149. The Morgan fingerprint density at radius 3 is 2.21 bits per heavy atom. The van der Waals surface area contributed by atoms with Crippen LogP contribution in [0.1, 0.15) is 27.2 Å². The SMILES string of the molecule is CC(C)(C)C(CCO)NS(=O)(=O)c1ccc(F)cc1. The van der Waals surface area contributed by atoms with Gasteiger partial charge in [-0.15, -0.1) is 0 Å². The Morgan fingerprint density at radius 1 is 1.26 bits per heavy atom. The molecule has 0 radical (unpaired) electrons. The average Bonchev–Trinajstić information content (AvgIpc) is 2.27. The molecule has 0 amide bonds. The molecular weight excluding hydrogens is 269 g/mol. The van der Waals surface area contributed by atoms with Gasteiger partial charge in [-0.1, -0.05) is 20.8 Å². The molecule has 6 heteroatoms. The predicted molar refractivity (Wildman–Crippen MR) is 71.7 cm³/mol. The highest BCUT2D eigenvalue weighted by atomic mass is 32.2. The third-order valence-electron chi connectivity index (χ3n) is 2.88. The Labute approximate surface area is 113 Å². The molecule has 0 heterocycles. The molecule has 2 N–H and O–H groups in total. The van der Waals surface area contributed by atoms with Crippen LogP contribution in [0.25, 0.3) is 0 Å². The van der Waals surface area contributed by atoms with Crippen molar-refractivity contribution in [3.05, 3.63) is 30.1 Å². The zero-order valence-electron chi connectivity index (χ0n) is 11.4. The van der Waals surface area contributed by atoms with Crippen LogP contribution in [0.15, 0.2) is 29.2 Å². The molecule has 1 rings (SSSR count). The molecule has 1 atom stereocenters. The van der Waals surface area contributed by atoms with Crippen LogP contribution in [-0.2, 0) is 10.0 Å². The van der Waals surface area contributed by atoms with E-state index in [2.05, 4.69) is 4.72 Å². The van der Waals surface area contributed by atoms with Crippen molar-refractivity contribution in [3.8, 4) is 0 Å². The second-order valence-electron chi connectivity index (χ2n) is 5.51. The van der Waals surface area contributed by atoms with Gasteiger partial charge >= 0.3 is 0 Å². The van der Waals surface area contributed by atoms with Crippen molar-refractivity contribution in [2.24, 2.45) is 5.41 Å². The van der Waals surface area contributed by atoms with Crippen LogP contribution < -0.4 is 4.72 Å². The zero-order chi connectivity index (χ0) is 14.7. The number of hydrogen-bond acceptors (Lipinski definition) is 3. The molecule has 1 aromatic carbocycles. The summed E-state index contributed by atoms with van der Waals surface area (Å²) in [7, 11) is -3.71. The second kappa shape index (κ2) is 5.98. The van der Waals surface area contributed by atoms with Gasteiger partial charge in [-0.2, -0.15) is 0 Å². The Balaban J connectivity index is 2.97. The Bertz CT molecular complexity index is 506. The molecule has 0 aliphatic carbocycles. The van der Waals surface area contributed by atoms with Gasteiger partial charge in [-0.25, -0.2) is 17.5 Å². The third kappa shape index (κ3) is 4.56. The first-order chi connectivity index (χ1) is 8.66. The molecule has 0 saturated carbocycles. The highest BCUT2D eigenvalue weighted by molar-refractivity contribution is 7.89. The summed E-state index contributed by atoms with van der Waals surface area (Å²) in [5.74, 6) is -0.485. The highest BCUT2D eigenvalue weighted by Crippen LogP contribution is 2.23. The quantitative estimate of drug-likeness (QED) is 0.870. The van der Waals surface area contributed by atoms with E-state index in [-0.39, 0.29) is 16.9 Å². The summed E-state index contributed by atoms with van der Waals surface area (Å²) in [6.45, 7) is 5.56. The largest absolute Gasteiger partial charge is 0.396 e. The number of rotatable bonds is 5. The minimum Gasteiger partial charge on any atom is -0.396 e. The number of nitrogens with one attached hydrogen (secondary N) is 1. The van der Waals surface area contributed by atoms with Gasteiger partial charge in [0.05, 0.1) is 4.90 Å². The highest BCUT2D eigenvalue weighted by Gasteiger charge is 2.29. The summed E-state index contributed by atoms with van der Waals surface area (Å²) in [6.07, 6.45) is 0.323. The number of aliphatic hydroxyl groups excluding tert-OH is 1. The fourth-order valence-corrected chi connectivity index (χ4v) is 3.14. The van der Waals surface area contributed by atoms with Crippen LogP contribution in [0.5, 0.6) is 0 Å². The van der Waals surface area contributed by atoms with E-state index in [1.807, 2.05) is 20.8 Å². The van der Waals surface area contributed by atoms with Crippen molar-refractivity contribution in [2.45, 2.75) is 38.1 Å². The van der Waals surface area contributed by atoms with Crippen LogP contribution in [0.2, 0.25) is 0 Å². The molecule has 0 bridgehead atoms. The molecular formula is C13H20FNO3S. The van der Waals surface area contributed by atoms with Crippen molar-refractivity contribution in [3.63, 3.8) is 0 Å². The van der Waals surface area contributed by atoms with Gasteiger partial charge < -0.3 is 5.11 Å². The number of hydrogen-bond donors (Lipinski definition) is 2. The summed E-state index contributed by atoms with van der Waals surface area (Å²) in [5, 5.41) is 9.02. The summed E-state index contributed by atoms with van der Waals surface area (Å²) < 4.78 is 39.7. The van der Waals surface area contributed by atoms with Crippen LogP contribution in [-0.4, -0.2) is 26.2 Å². The van der Waals surface area contributed by atoms with E-state index in [9.17, 15) is 12.8 Å². The van der Waals surface area contributed by atoms with E-state index >= 15 is 0 Å². The van der Waals surface area contributed by atoms with Gasteiger partial charge in [-0.05, 0) is 36.1 Å². The number of benzene rings is 1. The second-order valence-corrected chi connectivity index (χ2v) is 7.22. The van der Waals surface area contributed by atoms with Crippen LogP contribution in [0, 0.1) is 11.2 Å². The molecule has 0 aromatic heterocycles. The number of halogens is 1. The third-order valence-corrected chi connectivity index (χ3v) is 4.37. The van der Waals surface area contributed by atoms with Crippen molar-refractivity contribution < 1.29 is 17.9 Å². The molecule has 0 saturated heterocycles. The fourth-order valence-electron chi connectivity index (χ4n) is 1.67. The maximum atomic E-state index is 12.8. The van der Waals surface area contributed by atoms with E-state index < -0.39 is 21.9 Å². The number of sulfonamides is 1. The minimum atomic E-state index is -3.71. The van der Waals surface area contributed by atoms with Crippen LogP contribution >= 0.6 is 0 Å². The van der Waals surface area contributed by atoms with Gasteiger partial charge in [0, 0.05) is 12.6 Å². The first kappa shape index (κ1) is 16.1. The zero-order valence-corrected chi connectivity index (χ0v) is 12.2. The molecule has 1 aromatic rings. The lowest BCUT2D eigenvalue weighted by Crippen LogP contribution is -2.44. The molecule has 0 spiro atoms. The smallest absolute Gasteiger partial charge is 0.240 e. The van der Waals surface area contributed by atoms with Crippen LogP contribution in [0.4, 0.5) is 4.39 Å². The van der Waals surface area contributed by atoms with Crippen molar-refractivity contribution in [2.75, 3.05) is 6.61 Å². The molecule has 19 heavy (non-hydrogen) atoms. The van der Waals surface area contributed by atoms with Gasteiger partial charge in [-0.3, -0.25) is 0 Å². The Morgan fingerprint density at radius 2 is 1.79 bits per heavy atom. The molecule has 0 fully saturated rings. The van der Waals surface area contributed by atoms with Crippen LogP contribution in [0.3, 0.4) is 0 Å². The van der Waals surface area contributed by atoms with Crippen molar-refractivity contribution in [1.82, 2.24) is 4.72 Å². The lowest BCUT2D eigenvalue weighted by molar-refractivity contribution is 0.214. The lowest BCUT2D eigenvalue weighted by Gasteiger charge is -2.30. The lowest BCUT2D eigenvalue weighted by atomic mass is 9.86. The van der Waals surface area contributed by atoms with Gasteiger partial charge in [0.1, 0.15) is 5.82 Å². The maximum absolute atomic E-state index is 12.8. The van der Waals surface area contributed by atoms with Crippen molar-refractivity contribution in [1.29, 1.82) is 0 Å². The summed E-state index contributed by atoms with van der Waals surface area (Å²) in [5.41, 5.74) is -0.324. The molecule has 1 unspecified atom stereocenters. The van der Waals surface area contributed by atoms with E-state index in [1.54, 1.807) is 0 Å². The normalized spacial score (nSPS) is 14.4. The molecule has 108 valence electrons. The van der Waals surface area contributed by atoms with E-state index in [1.165, 1.54) is 12.1 Å². The predicted octanol–water partition coefficient (Wildman–Crippen LogP) is 1.90. The maximum Gasteiger partial charge on any atom is 0.240 e. The molecule has 0 aliphatic rings. The summed E-state index contributed by atoms with van der Waals surface area (Å²) in [6, 6.07) is 4.25. The van der Waals surface area contributed by atoms with Gasteiger partial charge in [0.2, 0.25) is 10.0 Å². The van der Waals surface area contributed by atoms with E-state index in [0.29, 0.717) is 6.42 Å². The van der Waals surface area contributed by atoms with Gasteiger partial charge in [0.15, 0.2) is 0 Å². The topological polar surface area (TPSA) is 66.4 Å². The summed E-state index contributed by atoms with van der Waals surface area (Å²) in [4.78, 5) is 0.0149. The first-order valence-electron chi connectivity index (χ1n) is 6.05. The van der Waals surface area contributed by atoms with E-state index in [4.69, 9.17) is 5.11 Å². The van der Waals surface area contributed by atoms with Crippen molar-refractivity contribution >= 4 is 10.0 Å². The fraction of sp³-hybridized carbons (Fsp3) is 0.538. The number of aliphatic hydroxyl groups is 1. The first-order valence-corrected chi connectivity index (χ1v) is 7.54. The summed E-state index contributed by atoms with van der Waals surface area (Å²) >= 11 is 0. The molecule has 0 aliphatic heterocycles. The Hall–Kier alpha value is -0.980.